The molecule has 128 valence electrons. The molecule has 1 saturated heterocycles. The number of hydrogen-bond acceptors (Lipinski definition) is 4. The third kappa shape index (κ3) is 4.23. The fourth-order valence-electron chi connectivity index (χ4n) is 2.35. The van der Waals surface area contributed by atoms with Crippen molar-refractivity contribution in [2.75, 3.05) is 39.8 Å². The number of sulfonamides is 1. The van der Waals surface area contributed by atoms with Crippen LogP contribution >= 0.6 is 11.6 Å². The van der Waals surface area contributed by atoms with E-state index >= 15 is 0 Å². The van der Waals surface area contributed by atoms with Gasteiger partial charge >= 0.3 is 0 Å². The van der Waals surface area contributed by atoms with E-state index in [2.05, 4.69) is 10.2 Å². The van der Waals surface area contributed by atoms with Gasteiger partial charge in [0, 0.05) is 32.7 Å². The first-order chi connectivity index (χ1) is 10.9. The molecule has 6 nitrogen and oxygen atoms in total. The summed E-state index contributed by atoms with van der Waals surface area (Å²) in [5.41, 5.74) is 0.190. The van der Waals surface area contributed by atoms with Crippen molar-refractivity contribution in [2.45, 2.75) is 18.2 Å². The fraction of sp³-hybridized carbons (Fsp3) is 0.533. The van der Waals surface area contributed by atoms with Crippen molar-refractivity contribution in [1.82, 2.24) is 14.5 Å². The number of rotatable bonds is 5. The van der Waals surface area contributed by atoms with Gasteiger partial charge in [0.05, 0.1) is 15.5 Å². The Hall–Kier alpha value is -1.15. The Morgan fingerprint density at radius 2 is 1.91 bits per heavy atom. The molecular weight excluding hydrogens is 338 g/mol. The highest BCUT2D eigenvalue weighted by Crippen LogP contribution is 2.23. The molecule has 1 amide bonds. The highest BCUT2D eigenvalue weighted by atomic mass is 35.5. The minimum Gasteiger partial charge on any atom is -0.352 e. The number of likely N-dealkylation sites (N-methyl/N-ethyl adjacent to an activating group) is 1. The van der Waals surface area contributed by atoms with Crippen LogP contribution in [-0.2, 0) is 10.0 Å². The molecule has 1 fully saturated rings. The van der Waals surface area contributed by atoms with Crippen LogP contribution in [-0.4, -0.2) is 63.3 Å². The Balaban J connectivity index is 2.27. The van der Waals surface area contributed by atoms with Crippen LogP contribution in [0.25, 0.3) is 0 Å². The molecule has 0 saturated carbocycles. The van der Waals surface area contributed by atoms with Crippen molar-refractivity contribution < 1.29 is 13.2 Å². The largest absolute Gasteiger partial charge is 0.352 e. The monoisotopic (exact) mass is 359 g/mol. The average molecular weight is 360 g/mol. The van der Waals surface area contributed by atoms with Crippen molar-refractivity contribution >= 4 is 27.5 Å². The number of nitrogens with zero attached hydrogens (tertiary/aromatic N) is 2. The van der Waals surface area contributed by atoms with E-state index in [1.807, 2.05) is 14.0 Å². The predicted octanol–water partition coefficient (Wildman–Crippen LogP) is 1.42. The highest BCUT2D eigenvalue weighted by molar-refractivity contribution is 7.89. The Labute approximate surface area is 142 Å². The van der Waals surface area contributed by atoms with Gasteiger partial charge in [-0.2, -0.15) is 4.31 Å². The Kier molecular flexibility index (Phi) is 6.02. The van der Waals surface area contributed by atoms with Crippen LogP contribution in [0.5, 0.6) is 0 Å². The van der Waals surface area contributed by atoms with Gasteiger partial charge in [0.15, 0.2) is 0 Å². The molecule has 8 heteroatoms. The maximum atomic E-state index is 12.7. The molecular formula is C15H22ClN3O3S. The molecule has 1 aromatic rings. The lowest BCUT2D eigenvalue weighted by Gasteiger charge is -2.31. The molecule has 0 spiro atoms. The van der Waals surface area contributed by atoms with Crippen molar-refractivity contribution in [2.24, 2.45) is 0 Å². The molecule has 23 heavy (non-hydrogen) atoms. The Bertz CT molecular complexity index is 671. The first-order valence-electron chi connectivity index (χ1n) is 7.62. The van der Waals surface area contributed by atoms with Gasteiger partial charge in [-0.25, -0.2) is 8.42 Å². The lowest BCUT2D eigenvalue weighted by molar-refractivity contribution is 0.0953. The third-order valence-corrected chi connectivity index (χ3v) is 6.04. The third-order valence-electron chi connectivity index (χ3n) is 3.82. The molecule has 1 aromatic carbocycles. The van der Waals surface area contributed by atoms with Crippen LogP contribution in [0.3, 0.4) is 0 Å². The van der Waals surface area contributed by atoms with Crippen molar-refractivity contribution in [1.29, 1.82) is 0 Å². The van der Waals surface area contributed by atoms with E-state index in [-0.39, 0.29) is 21.4 Å². The smallest absolute Gasteiger partial charge is 0.252 e. The van der Waals surface area contributed by atoms with Gasteiger partial charge in [-0.15, -0.1) is 0 Å². The second kappa shape index (κ2) is 7.61. The van der Waals surface area contributed by atoms with E-state index < -0.39 is 10.0 Å². The van der Waals surface area contributed by atoms with Gasteiger partial charge < -0.3 is 10.2 Å². The summed E-state index contributed by atoms with van der Waals surface area (Å²) in [6.45, 7) is 4.73. The van der Waals surface area contributed by atoms with Gasteiger partial charge in [0.25, 0.3) is 5.91 Å². The summed E-state index contributed by atoms with van der Waals surface area (Å²) in [4.78, 5) is 14.3. The number of piperazine rings is 1. The molecule has 0 aromatic heterocycles. The second-order valence-corrected chi connectivity index (χ2v) is 7.95. The number of nitrogens with one attached hydrogen (secondary N) is 1. The summed E-state index contributed by atoms with van der Waals surface area (Å²) in [5, 5.41) is 2.96. The van der Waals surface area contributed by atoms with Crippen molar-refractivity contribution in [3.8, 4) is 0 Å². The quantitative estimate of drug-likeness (QED) is 0.863. The lowest BCUT2D eigenvalue weighted by atomic mass is 10.2. The summed E-state index contributed by atoms with van der Waals surface area (Å²) in [6, 6.07) is 4.28. The molecule has 1 heterocycles. The summed E-state index contributed by atoms with van der Waals surface area (Å²) in [7, 11) is -1.65. The van der Waals surface area contributed by atoms with E-state index in [1.54, 1.807) is 0 Å². The summed E-state index contributed by atoms with van der Waals surface area (Å²) in [5.74, 6) is -0.354. The maximum Gasteiger partial charge on any atom is 0.252 e. The molecule has 0 atom stereocenters. The number of halogens is 1. The van der Waals surface area contributed by atoms with Gasteiger partial charge in [-0.3, -0.25) is 4.79 Å². The molecule has 0 unspecified atom stereocenters. The topological polar surface area (TPSA) is 69.7 Å². The fourth-order valence-corrected chi connectivity index (χ4v) is 4.00. The van der Waals surface area contributed by atoms with Crippen molar-refractivity contribution in [3.63, 3.8) is 0 Å². The van der Waals surface area contributed by atoms with Crippen LogP contribution in [0.2, 0.25) is 5.02 Å². The Morgan fingerprint density at radius 1 is 1.26 bits per heavy atom. The number of carbonyl (C=O) groups excluding carboxylic acids is 1. The predicted molar refractivity (Wildman–Crippen MR) is 90.3 cm³/mol. The summed E-state index contributed by atoms with van der Waals surface area (Å²) in [6.07, 6.45) is 0.794. The zero-order valence-electron chi connectivity index (χ0n) is 13.4. The number of benzene rings is 1. The number of carbonyl (C=O) groups is 1. The highest BCUT2D eigenvalue weighted by Gasteiger charge is 2.28. The van der Waals surface area contributed by atoms with E-state index in [1.165, 1.54) is 22.5 Å². The van der Waals surface area contributed by atoms with E-state index in [9.17, 15) is 13.2 Å². The zero-order valence-corrected chi connectivity index (χ0v) is 15.0. The molecule has 1 N–H and O–H groups in total. The number of hydrogen-bond donors (Lipinski definition) is 1. The van der Waals surface area contributed by atoms with Gasteiger partial charge in [0.2, 0.25) is 10.0 Å². The number of amides is 1. The normalized spacial score (nSPS) is 17.2. The van der Waals surface area contributed by atoms with Gasteiger partial charge in [0.1, 0.15) is 0 Å². The molecule has 0 bridgehead atoms. The molecule has 0 radical (unpaired) electrons. The molecule has 1 aliphatic heterocycles. The van der Waals surface area contributed by atoms with Gasteiger partial charge in [-0.05, 0) is 31.7 Å². The van der Waals surface area contributed by atoms with Crippen molar-refractivity contribution in [3.05, 3.63) is 28.8 Å². The van der Waals surface area contributed by atoms with Crippen LogP contribution in [0.15, 0.2) is 23.1 Å². The first-order valence-corrected chi connectivity index (χ1v) is 9.44. The first kappa shape index (κ1) is 18.2. The molecule has 1 aliphatic rings. The minimum absolute atomic E-state index is 0.105. The zero-order chi connectivity index (χ0) is 17.0. The van der Waals surface area contributed by atoms with Crippen LogP contribution in [0.4, 0.5) is 0 Å². The SMILES string of the molecule is CCCNC(=O)c1cc(S(=O)(=O)N2CCN(C)CC2)ccc1Cl. The lowest BCUT2D eigenvalue weighted by Crippen LogP contribution is -2.47. The van der Waals surface area contributed by atoms with Crippen LogP contribution < -0.4 is 5.32 Å². The maximum absolute atomic E-state index is 12.7. The van der Waals surface area contributed by atoms with Gasteiger partial charge in [-0.1, -0.05) is 18.5 Å². The molecule has 2 rings (SSSR count). The van der Waals surface area contributed by atoms with E-state index in [0.29, 0.717) is 32.7 Å². The summed E-state index contributed by atoms with van der Waals surface area (Å²) < 4.78 is 26.9. The standard InChI is InChI=1S/C15H22ClN3O3S/c1-3-6-17-15(20)13-11-12(4-5-14(13)16)23(21,22)19-9-7-18(2)8-10-19/h4-5,11H,3,6-10H2,1-2H3,(H,17,20). The summed E-state index contributed by atoms with van der Waals surface area (Å²) >= 11 is 6.05. The minimum atomic E-state index is -3.61. The molecule has 0 aliphatic carbocycles. The van der Waals surface area contributed by atoms with E-state index in [4.69, 9.17) is 11.6 Å². The average Bonchev–Trinajstić information content (AvgIpc) is 2.53. The second-order valence-electron chi connectivity index (χ2n) is 5.60. The van der Waals surface area contributed by atoms with E-state index in [0.717, 1.165) is 6.42 Å². The Morgan fingerprint density at radius 3 is 2.52 bits per heavy atom. The van der Waals surface area contributed by atoms with Crippen LogP contribution in [0, 0.1) is 0 Å². The van der Waals surface area contributed by atoms with Crippen LogP contribution in [0.1, 0.15) is 23.7 Å².